The summed E-state index contributed by atoms with van der Waals surface area (Å²) in [4.78, 5) is 2.12. The highest BCUT2D eigenvalue weighted by Crippen LogP contribution is 2.34. The summed E-state index contributed by atoms with van der Waals surface area (Å²) in [5.74, 6) is -0.789. The lowest BCUT2D eigenvalue weighted by atomic mass is 9.97. The smallest absolute Gasteiger partial charge is 0.314 e. The summed E-state index contributed by atoms with van der Waals surface area (Å²) in [5, 5.41) is 3.22. The van der Waals surface area contributed by atoms with Crippen LogP contribution in [0.5, 0.6) is 0 Å². The van der Waals surface area contributed by atoms with Gasteiger partial charge < -0.3 is 5.32 Å². The van der Waals surface area contributed by atoms with Gasteiger partial charge in [0.15, 0.2) is 0 Å². The van der Waals surface area contributed by atoms with Gasteiger partial charge in [0.2, 0.25) is 0 Å². The van der Waals surface area contributed by atoms with Crippen LogP contribution in [0.15, 0.2) is 30.9 Å². The van der Waals surface area contributed by atoms with Crippen molar-refractivity contribution in [2.24, 2.45) is 0 Å². The zero-order valence-electron chi connectivity index (χ0n) is 13.1. The molecule has 24 heavy (non-hydrogen) atoms. The Bertz CT molecular complexity index is 517. The van der Waals surface area contributed by atoms with E-state index < -0.39 is 17.6 Å². The molecule has 1 saturated heterocycles. The average Bonchev–Trinajstić information content (AvgIpc) is 2.49. The van der Waals surface area contributed by atoms with Crippen LogP contribution in [0.2, 0.25) is 0 Å². The Kier molecular flexibility index (Phi) is 9.88. The molecule has 0 aromatic heterocycles. The number of alkyl halides is 3. The fourth-order valence-corrected chi connectivity index (χ4v) is 2.78. The van der Waals surface area contributed by atoms with E-state index in [9.17, 15) is 17.6 Å². The summed E-state index contributed by atoms with van der Waals surface area (Å²) in [6, 6.07) is 2.61. The predicted molar refractivity (Wildman–Crippen MR) is 92.5 cm³/mol. The molecular weight excluding hydrogens is 367 g/mol. The molecule has 1 fully saturated rings. The van der Waals surface area contributed by atoms with E-state index in [2.05, 4.69) is 16.8 Å². The largest absolute Gasteiger partial charge is 0.416 e. The third-order valence-electron chi connectivity index (χ3n) is 3.92. The Labute approximate surface area is 152 Å². The summed E-state index contributed by atoms with van der Waals surface area (Å²) in [5.41, 5.74) is -0.617. The van der Waals surface area contributed by atoms with Gasteiger partial charge in [-0.25, -0.2) is 4.39 Å². The van der Waals surface area contributed by atoms with Gasteiger partial charge in [-0.05, 0) is 25.0 Å². The molecule has 1 aliphatic heterocycles. The van der Waals surface area contributed by atoms with Crippen molar-refractivity contribution in [3.8, 4) is 0 Å². The number of nitrogens with zero attached hydrogens (tertiary/aromatic N) is 1. The Balaban J connectivity index is 0.00000264. The van der Waals surface area contributed by atoms with Crippen molar-refractivity contribution in [2.45, 2.75) is 25.1 Å². The topological polar surface area (TPSA) is 15.3 Å². The maximum Gasteiger partial charge on any atom is 0.416 e. The summed E-state index contributed by atoms with van der Waals surface area (Å²) < 4.78 is 52.2. The highest BCUT2D eigenvalue weighted by atomic mass is 35.5. The molecule has 0 bridgehead atoms. The van der Waals surface area contributed by atoms with Gasteiger partial charge in [0.1, 0.15) is 5.82 Å². The van der Waals surface area contributed by atoms with Crippen LogP contribution < -0.4 is 5.32 Å². The molecule has 0 radical (unpaired) electrons. The van der Waals surface area contributed by atoms with Crippen molar-refractivity contribution >= 4 is 24.8 Å². The summed E-state index contributed by atoms with van der Waals surface area (Å²) in [7, 11) is 0. The lowest BCUT2D eigenvalue weighted by Crippen LogP contribution is -2.45. The second kappa shape index (κ2) is 10.2. The van der Waals surface area contributed by atoms with E-state index in [4.69, 9.17) is 0 Å². The van der Waals surface area contributed by atoms with E-state index >= 15 is 0 Å². The van der Waals surface area contributed by atoms with Gasteiger partial charge >= 0.3 is 6.18 Å². The number of allylic oxidation sites excluding steroid dienone is 1. The molecule has 0 spiro atoms. The Morgan fingerprint density at radius 1 is 1.21 bits per heavy atom. The molecule has 2 rings (SSSR count). The van der Waals surface area contributed by atoms with E-state index in [0.29, 0.717) is 24.5 Å². The van der Waals surface area contributed by atoms with Crippen LogP contribution in [0.3, 0.4) is 0 Å². The quantitative estimate of drug-likeness (QED) is 0.585. The molecule has 1 aliphatic rings. The first-order valence-corrected chi connectivity index (χ1v) is 7.36. The molecule has 1 N–H and O–H groups in total. The fraction of sp³-hybridized carbons (Fsp3) is 0.500. The molecule has 1 atom stereocenters. The highest BCUT2D eigenvalue weighted by Gasteiger charge is 2.32. The van der Waals surface area contributed by atoms with E-state index in [-0.39, 0.29) is 30.9 Å². The standard InChI is InChI=1S/C16H20F4N2.2ClH/c1-2-3-4-15(22-9-7-21-8-10-22)13-6-5-12(11-14(13)17)16(18,19)20;;/h2,5-6,11,15,21H,1,3-4,7-10H2;2*1H/t15-;;/m1../s1. The molecule has 0 saturated carbocycles. The van der Waals surface area contributed by atoms with Crippen molar-refractivity contribution < 1.29 is 17.6 Å². The highest BCUT2D eigenvalue weighted by molar-refractivity contribution is 5.85. The van der Waals surface area contributed by atoms with Crippen molar-refractivity contribution in [1.29, 1.82) is 0 Å². The van der Waals surface area contributed by atoms with Gasteiger partial charge in [0, 0.05) is 37.8 Å². The van der Waals surface area contributed by atoms with Crippen LogP contribution >= 0.6 is 24.8 Å². The zero-order valence-corrected chi connectivity index (χ0v) is 14.7. The second-order valence-corrected chi connectivity index (χ2v) is 5.40. The Morgan fingerprint density at radius 3 is 2.33 bits per heavy atom. The molecule has 0 aliphatic carbocycles. The van der Waals surface area contributed by atoms with Gasteiger partial charge in [-0.3, -0.25) is 4.90 Å². The number of rotatable bonds is 5. The minimum absolute atomic E-state index is 0. The van der Waals surface area contributed by atoms with Crippen LogP contribution in [-0.2, 0) is 6.18 Å². The molecule has 1 aromatic rings. The molecule has 138 valence electrons. The first-order valence-electron chi connectivity index (χ1n) is 7.36. The first-order chi connectivity index (χ1) is 10.4. The Hall–Kier alpha value is -0.820. The zero-order chi connectivity index (χ0) is 16.2. The molecule has 1 aromatic carbocycles. The van der Waals surface area contributed by atoms with Gasteiger partial charge in [0.05, 0.1) is 5.56 Å². The number of hydrogen-bond donors (Lipinski definition) is 1. The molecule has 0 unspecified atom stereocenters. The van der Waals surface area contributed by atoms with E-state index in [1.165, 1.54) is 6.07 Å². The minimum atomic E-state index is -4.52. The molecular formula is C16H22Cl2F4N2. The number of piperazine rings is 1. The molecule has 0 amide bonds. The summed E-state index contributed by atoms with van der Waals surface area (Å²) in [6.45, 7) is 6.77. The van der Waals surface area contributed by atoms with Crippen LogP contribution in [0.25, 0.3) is 0 Å². The van der Waals surface area contributed by atoms with Gasteiger partial charge in [-0.15, -0.1) is 31.4 Å². The van der Waals surface area contributed by atoms with E-state index in [0.717, 1.165) is 32.2 Å². The van der Waals surface area contributed by atoms with Gasteiger partial charge in [-0.1, -0.05) is 12.1 Å². The normalized spacial score (nSPS) is 16.7. The number of halogens is 6. The van der Waals surface area contributed by atoms with Crippen LogP contribution in [0, 0.1) is 5.82 Å². The third-order valence-corrected chi connectivity index (χ3v) is 3.92. The minimum Gasteiger partial charge on any atom is -0.314 e. The average molecular weight is 389 g/mol. The number of benzene rings is 1. The van der Waals surface area contributed by atoms with E-state index in [1.807, 2.05) is 0 Å². The maximum absolute atomic E-state index is 14.2. The molecule has 2 nitrogen and oxygen atoms in total. The number of nitrogens with one attached hydrogen (secondary N) is 1. The van der Waals surface area contributed by atoms with Crippen molar-refractivity contribution in [3.63, 3.8) is 0 Å². The predicted octanol–water partition coefficient (Wildman–Crippen LogP) is 4.60. The lowest BCUT2D eigenvalue weighted by Gasteiger charge is -2.35. The second-order valence-electron chi connectivity index (χ2n) is 5.40. The summed E-state index contributed by atoms with van der Waals surface area (Å²) in [6.07, 6.45) is -1.44. The molecule has 8 heteroatoms. The Morgan fingerprint density at radius 2 is 1.83 bits per heavy atom. The maximum atomic E-state index is 14.2. The van der Waals surface area contributed by atoms with Gasteiger partial charge in [0.25, 0.3) is 0 Å². The van der Waals surface area contributed by atoms with Crippen LogP contribution in [0.1, 0.15) is 30.0 Å². The third kappa shape index (κ3) is 5.92. The van der Waals surface area contributed by atoms with Crippen molar-refractivity contribution in [1.82, 2.24) is 10.2 Å². The molecule has 1 heterocycles. The summed E-state index contributed by atoms with van der Waals surface area (Å²) >= 11 is 0. The van der Waals surface area contributed by atoms with Crippen LogP contribution in [0.4, 0.5) is 17.6 Å². The lowest BCUT2D eigenvalue weighted by molar-refractivity contribution is -0.137. The number of hydrogen-bond acceptors (Lipinski definition) is 2. The van der Waals surface area contributed by atoms with Crippen molar-refractivity contribution in [3.05, 3.63) is 47.8 Å². The van der Waals surface area contributed by atoms with Gasteiger partial charge in [-0.2, -0.15) is 13.2 Å². The fourth-order valence-electron chi connectivity index (χ4n) is 2.78. The van der Waals surface area contributed by atoms with E-state index in [1.54, 1.807) is 6.08 Å². The van der Waals surface area contributed by atoms with Crippen molar-refractivity contribution in [2.75, 3.05) is 26.2 Å². The monoisotopic (exact) mass is 388 g/mol. The SMILES string of the molecule is C=CCC[C@H](c1ccc(C(F)(F)F)cc1F)N1CCNCC1.Cl.Cl. The first kappa shape index (κ1) is 23.2. The van der Waals surface area contributed by atoms with Crippen LogP contribution in [-0.4, -0.2) is 31.1 Å².